The molecule has 88 valence electrons. The summed E-state index contributed by atoms with van der Waals surface area (Å²) in [5.74, 6) is -0.198. The van der Waals surface area contributed by atoms with Gasteiger partial charge in [0.1, 0.15) is 5.82 Å². The molecule has 2 rings (SSSR count). The largest absolute Gasteiger partial charge is 0.379 e. The van der Waals surface area contributed by atoms with Crippen LogP contribution in [0.15, 0.2) is 42.5 Å². The maximum absolute atomic E-state index is 13.6. The summed E-state index contributed by atoms with van der Waals surface area (Å²) >= 11 is 2.27. The molecule has 0 aliphatic heterocycles. The van der Waals surface area contributed by atoms with Gasteiger partial charge in [-0.05, 0) is 64.9 Å². The van der Waals surface area contributed by atoms with Crippen LogP contribution in [-0.2, 0) is 6.54 Å². The van der Waals surface area contributed by atoms with Gasteiger partial charge in [-0.3, -0.25) is 0 Å². The van der Waals surface area contributed by atoms with Gasteiger partial charge < -0.3 is 5.32 Å². The zero-order valence-corrected chi connectivity index (χ0v) is 11.7. The van der Waals surface area contributed by atoms with E-state index in [2.05, 4.69) is 34.0 Å². The van der Waals surface area contributed by atoms with E-state index in [1.807, 2.05) is 31.2 Å². The topological polar surface area (TPSA) is 12.0 Å². The Kier molecular flexibility index (Phi) is 3.99. The van der Waals surface area contributed by atoms with Gasteiger partial charge in [-0.15, -0.1) is 0 Å². The van der Waals surface area contributed by atoms with Crippen molar-refractivity contribution in [2.24, 2.45) is 0 Å². The molecule has 1 nitrogen and oxygen atoms in total. The lowest BCUT2D eigenvalue weighted by molar-refractivity contribution is 0.629. The van der Waals surface area contributed by atoms with Crippen LogP contribution in [0.2, 0.25) is 0 Å². The van der Waals surface area contributed by atoms with Crippen LogP contribution >= 0.6 is 22.6 Å². The Hall–Kier alpha value is -1.10. The fourth-order valence-electron chi connectivity index (χ4n) is 1.61. The second kappa shape index (κ2) is 5.49. The number of nitrogens with one attached hydrogen (secondary N) is 1. The Morgan fingerprint density at radius 2 is 2.00 bits per heavy atom. The monoisotopic (exact) mass is 341 g/mol. The lowest BCUT2D eigenvalue weighted by Gasteiger charge is -2.08. The number of halogens is 2. The Labute approximate surface area is 114 Å². The van der Waals surface area contributed by atoms with Crippen molar-refractivity contribution in [3.63, 3.8) is 0 Å². The highest BCUT2D eigenvalue weighted by Gasteiger charge is 2.01. The second-order valence-electron chi connectivity index (χ2n) is 3.97. The van der Waals surface area contributed by atoms with Crippen molar-refractivity contribution in [2.45, 2.75) is 13.5 Å². The molecule has 0 saturated heterocycles. The smallest absolute Gasteiger partial charge is 0.146 e. The first-order valence-corrected chi connectivity index (χ1v) is 6.47. The van der Waals surface area contributed by atoms with E-state index < -0.39 is 0 Å². The first-order valence-electron chi connectivity index (χ1n) is 5.39. The molecule has 0 unspecified atom stereocenters. The minimum absolute atomic E-state index is 0.198. The molecular weight excluding hydrogens is 328 g/mol. The highest BCUT2D eigenvalue weighted by Crippen LogP contribution is 2.16. The van der Waals surface area contributed by atoms with Crippen LogP contribution in [0.1, 0.15) is 11.1 Å². The van der Waals surface area contributed by atoms with E-state index in [1.54, 1.807) is 6.07 Å². The molecule has 0 radical (unpaired) electrons. The van der Waals surface area contributed by atoms with Crippen molar-refractivity contribution in [1.82, 2.24) is 0 Å². The lowest BCUT2D eigenvalue weighted by atomic mass is 10.2. The zero-order chi connectivity index (χ0) is 12.3. The van der Waals surface area contributed by atoms with Crippen molar-refractivity contribution in [3.05, 3.63) is 63.0 Å². The molecule has 0 bridgehead atoms. The third kappa shape index (κ3) is 3.43. The van der Waals surface area contributed by atoms with Gasteiger partial charge in [-0.25, -0.2) is 4.39 Å². The predicted molar refractivity (Wildman–Crippen MR) is 77.6 cm³/mol. The summed E-state index contributed by atoms with van der Waals surface area (Å²) < 4.78 is 14.8. The lowest BCUT2D eigenvalue weighted by Crippen LogP contribution is -2.01. The summed E-state index contributed by atoms with van der Waals surface area (Å²) in [6.45, 7) is 2.52. The third-order valence-electron chi connectivity index (χ3n) is 2.50. The van der Waals surface area contributed by atoms with Crippen LogP contribution in [0.3, 0.4) is 0 Å². The summed E-state index contributed by atoms with van der Waals surface area (Å²) in [6, 6.07) is 13.4. The maximum Gasteiger partial charge on any atom is 0.146 e. The molecule has 0 aliphatic carbocycles. The van der Waals surface area contributed by atoms with Gasteiger partial charge in [0.25, 0.3) is 0 Å². The number of hydrogen-bond donors (Lipinski definition) is 1. The Bertz CT molecular complexity index is 525. The average molecular weight is 341 g/mol. The molecule has 0 atom stereocenters. The molecule has 1 N–H and O–H groups in total. The zero-order valence-electron chi connectivity index (χ0n) is 9.50. The van der Waals surface area contributed by atoms with Gasteiger partial charge in [-0.1, -0.05) is 18.2 Å². The molecule has 3 heteroatoms. The Morgan fingerprint density at radius 3 is 2.71 bits per heavy atom. The fourth-order valence-corrected chi connectivity index (χ4v) is 2.22. The molecule has 0 saturated carbocycles. The quantitative estimate of drug-likeness (QED) is 0.819. The van der Waals surface area contributed by atoms with Crippen LogP contribution in [-0.4, -0.2) is 0 Å². The van der Waals surface area contributed by atoms with Gasteiger partial charge in [0.2, 0.25) is 0 Å². The minimum atomic E-state index is -0.198. The van der Waals surface area contributed by atoms with Crippen molar-refractivity contribution in [3.8, 4) is 0 Å². The highest BCUT2D eigenvalue weighted by molar-refractivity contribution is 14.1. The standard InChI is InChI=1S/C14H13FIN/c1-10-5-6-14(13(15)7-10)17-9-11-3-2-4-12(16)8-11/h2-8,17H,9H2,1H3. The molecule has 0 amide bonds. The summed E-state index contributed by atoms with van der Waals surface area (Å²) in [7, 11) is 0. The first kappa shape index (κ1) is 12.4. The van der Waals surface area contributed by atoms with Crippen LogP contribution in [0.5, 0.6) is 0 Å². The van der Waals surface area contributed by atoms with Gasteiger partial charge in [0, 0.05) is 10.1 Å². The molecule has 0 spiro atoms. The molecule has 0 aromatic heterocycles. The average Bonchev–Trinajstić information content (AvgIpc) is 2.28. The van der Waals surface area contributed by atoms with Crippen LogP contribution < -0.4 is 5.32 Å². The number of anilines is 1. The van der Waals surface area contributed by atoms with E-state index in [0.29, 0.717) is 12.2 Å². The number of rotatable bonds is 3. The maximum atomic E-state index is 13.6. The van der Waals surface area contributed by atoms with E-state index >= 15 is 0 Å². The summed E-state index contributed by atoms with van der Waals surface area (Å²) in [5.41, 5.74) is 2.63. The van der Waals surface area contributed by atoms with Crippen LogP contribution in [0.4, 0.5) is 10.1 Å². The van der Waals surface area contributed by atoms with Gasteiger partial charge in [0.15, 0.2) is 0 Å². The number of aryl methyl sites for hydroxylation is 1. The molecule has 0 aliphatic rings. The number of benzene rings is 2. The fraction of sp³-hybridized carbons (Fsp3) is 0.143. The van der Waals surface area contributed by atoms with E-state index in [9.17, 15) is 4.39 Å². The molecular formula is C14H13FIN. The predicted octanol–water partition coefficient (Wildman–Crippen LogP) is 4.35. The number of hydrogen-bond acceptors (Lipinski definition) is 1. The molecule has 2 aromatic rings. The van der Waals surface area contributed by atoms with Gasteiger partial charge >= 0.3 is 0 Å². The molecule has 17 heavy (non-hydrogen) atoms. The van der Waals surface area contributed by atoms with E-state index in [-0.39, 0.29) is 5.82 Å². The van der Waals surface area contributed by atoms with Crippen LogP contribution in [0, 0.1) is 16.3 Å². The van der Waals surface area contributed by atoms with E-state index in [4.69, 9.17) is 0 Å². The second-order valence-corrected chi connectivity index (χ2v) is 5.21. The van der Waals surface area contributed by atoms with Gasteiger partial charge in [-0.2, -0.15) is 0 Å². The first-order chi connectivity index (χ1) is 8.15. The summed E-state index contributed by atoms with van der Waals surface area (Å²) in [6.07, 6.45) is 0. The SMILES string of the molecule is Cc1ccc(NCc2cccc(I)c2)c(F)c1. The van der Waals surface area contributed by atoms with Gasteiger partial charge in [0.05, 0.1) is 5.69 Å². The Morgan fingerprint density at radius 1 is 1.18 bits per heavy atom. The van der Waals surface area contributed by atoms with Crippen molar-refractivity contribution < 1.29 is 4.39 Å². The minimum Gasteiger partial charge on any atom is -0.379 e. The van der Waals surface area contributed by atoms with Crippen molar-refractivity contribution in [2.75, 3.05) is 5.32 Å². The summed E-state index contributed by atoms with van der Waals surface area (Å²) in [4.78, 5) is 0. The summed E-state index contributed by atoms with van der Waals surface area (Å²) in [5, 5.41) is 3.11. The normalized spacial score (nSPS) is 10.3. The van der Waals surface area contributed by atoms with E-state index in [0.717, 1.165) is 11.1 Å². The van der Waals surface area contributed by atoms with Crippen LogP contribution in [0.25, 0.3) is 0 Å². The Balaban J connectivity index is 2.07. The molecule has 0 heterocycles. The highest BCUT2D eigenvalue weighted by atomic mass is 127. The molecule has 0 fully saturated rings. The van der Waals surface area contributed by atoms with Crippen molar-refractivity contribution >= 4 is 28.3 Å². The third-order valence-corrected chi connectivity index (χ3v) is 3.17. The van der Waals surface area contributed by atoms with E-state index in [1.165, 1.54) is 9.64 Å². The van der Waals surface area contributed by atoms with Crippen molar-refractivity contribution in [1.29, 1.82) is 0 Å². The molecule has 2 aromatic carbocycles.